The number of hydrogen-bond acceptors (Lipinski definition) is 10. The van der Waals surface area contributed by atoms with Gasteiger partial charge < -0.3 is 39.5 Å². The minimum atomic E-state index is -0.643. The number of hydrogen-bond donors (Lipinski definition) is 4. The van der Waals surface area contributed by atoms with Gasteiger partial charge in [0.25, 0.3) is 0 Å². The molecule has 6 aliphatic rings. The summed E-state index contributed by atoms with van der Waals surface area (Å²) in [4.78, 5) is 40.3. The van der Waals surface area contributed by atoms with Gasteiger partial charge in [-0.1, -0.05) is 62.3 Å². The lowest BCUT2D eigenvalue weighted by atomic mass is 9.46. The summed E-state index contributed by atoms with van der Waals surface area (Å²) in [5.74, 6) is 0.506. The minimum absolute atomic E-state index is 0.0798. The lowest BCUT2D eigenvalue weighted by Gasteiger charge is -2.61. The highest BCUT2D eigenvalue weighted by molar-refractivity contribution is 5.86. The first-order valence-corrected chi connectivity index (χ1v) is 18.0. The van der Waals surface area contributed by atoms with Gasteiger partial charge in [-0.15, -0.1) is 0 Å². The molecule has 10 heteroatoms. The van der Waals surface area contributed by atoms with Gasteiger partial charge in [0.2, 0.25) is 0 Å². The standard InChI is InChI=1S/C19H28O4.C18H30O4.2CH2O/c1-10(2)16-11-8-13(20)17-18(3,4)7-6-14(21)19(17,5)12(11)9-15(22)23-16;1-9(2)17-11-7-13(19)16-10(3)5-6-14(20)18(16,4)12(11)8-15(21)22-17;2*1-2/h8-10,13-14,16-17,20-21H,6-7H2,1-5H3;9-14,16-17,19-20H,5-8H2,1-4H3;2*1H2. The van der Waals surface area contributed by atoms with Crippen molar-refractivity contribution in [2.24, 2.45) is 57.7 Å². The summed E-state index contributed by atoms with van der Waals surface area (Å²) in [6.07, 6.45) is 5.19. The van der Waals surface area contributed by atoms with Crippen LogP contribution in [0.5, 0.6) is 0 Å². The number of rotatable bonds is 2. The zero-order valence-electron chi connectivity index (χ0n) is 31.1. The Hall–Kier alpha value is -2.40. The fourth-order valence-electron chi connectivity index (χ4n) is 11.1. The predicted molar refractivity (Wildman–Crippen MR) is 185 cm³/mol. The quantitative estimate of drug-likeness (QED) is 0.301. The Morgan fingerprint density at radius 1 is 0.857 bits per heavy atom. The molecule has 13 atom stereocenters. The van der Waals surface area contributed by atoms with Crippen LogP contribution in [0.4, 0.5) is 0 Å². The highest BCUT2D eigenvalue weighted by atomic mass is 16.5. The Labute approximate surface area is 292 Å². The molecule has 1 saturated heterocycles. The number of aliphatic hydroxyl groups excluding tert-OH is 4. The number of carbonyl (C=O) groups excluding carboxylic acids is 4. The van der Waals surface area contributed by atoms with Gasteiger partial charge in [-0.3, -0.25) is 4.79 Å². The van der Waals surface area contributed by atoms with Gasteiger partial charge in [0.15, 0.2) is 0 Å². The highest BCUT2D eigenvalue weighted by Crippen LogP contribution is 2.62. The van der Waals surface area contributed by atoms with Crippen molar-refractivity contribution in [3.05, 3.63) is 23.3 Å². The van der Waals surface area contributed by atoms with Crippen molar-refractivity contribution in [3.63, 3.8) is 0 Å². The van der Waals surface area contributed by atoms with E-state index in [2.05, 4.69) is 41.5 Å². The first kappa shape index (κ1) is 41.0. The zero-order valence-corrected chi connectivity index (χ0v) is 31.1. The van der Waals surface area contributed by atoms with Crippen molar-refractivity contribution >= 4 is 25.5 Å². The molecule has 6 rings (SSSR count). The van der Waals surface area contributed by atoms with Gasteiger partial charge >= 0.3 is 11.9 Å². The third-order valence-electron chi connectivity index (χ3n) is 13.2. The Morgan fingerprint density at radius 3 is 2.04 bits per heavy atom. The van der Waals surface area contributed by atoms with Crippen LogP contribution in [-0.2, 0) is 28.7 Å². The van der Waals surface area contributed by atoms with Crippen molar-refractivity contribution in [2.45, 2.75) is 137 Å². The van der Waals surface area contributed by atoms with Gasteiger partial charge in [-0.25, -0.2) is 4.79 Å². The molecular formula is C39H62O10. The van der Waals surface area contributed by atoms with E-state index in [1.165, 1.54) is 6.08 Å². The first-order chi connectivity index (χ1) is 22.8. The van der Waals surface area contributed by atoms with Gasteiger partial charge in [-0.05, 0) is 84.3 Å². The average Bonchev–Trinajstić information content (AvgIpc) is 3.03. The fraction of sp³-hybridized carbons (Fsp3) is 0.795. The summed E-state index contributed by atoms with van der Waals surface area (Å²) in [6, 6.07) is 0. The maximum absolute atomic E-state index is 12.2. The number of cyclic esters (lactones) is 2. The average molecular weight is 691 g/mol. The second-order valence-corrected chi connectivity index (χ2v) is 17.0. The highest BCUT2D eigenvalue weighted by Gasteiger charge is 2.62. The maximum atomic E-state index is 12.2. The molecule has 2 aliphatic heterocycles. The largest absolute Gasteiger partial charge is 0.462 e. The summed E-state index contributed by atoms with van der Waals surface area (Å²) in [5, 5.41) is 43.3. The van der Waals surface area contributed by atoms with Crippen molar-refractivity contribution in [3.8, 4) is 0 Å². The monoisotopic (exact) mass is 690 g/mol. The van der Waals surface area contributed by atoms with Gasteiger partial charge in [-0.2, -0.15) is 0 Å². The van der Waals surface area contributed by atoms with E-state index < -0.39 is 29.8 Å². The fourth-order valence-corrected chi connectivity index (χ4v) is 11.1. The number of ether oxygens (including phenoxy) is 2. The molecule has 0 radical (unpaired) electrons. The number of carbonyl (C=O) groups is 4. The molecule has 3 saturated carbocycles. The number of fused-ring (bicyclic) bond motifs is 6. The van der Waals surface area contributed by atoms with Crippen LogP contribution in [0.25, 0.3) is 0 Å². The molecule has 13 unspecified atom stereocenters. The topological polar surface area (TPSA) is 168 Å². The molecular weight excluding hydrogens is 628 g/mol. The van der Waals surface area contributed by atoms with Crippen LogP contribution in [0, 0.1) is 57.7 Å². The third kappa shape index (κ3) is 7.09. The molecule has 0 spiro atoms. The molecule has 10 nitrogen and oxygen atoms in total. The zero-order chi connectivity index (χ0) is 37.4. The lowest BCUT2D eigenvalue weighted by Crippen LogP contribution is -2.64. The normalized spacial score (nSPS) is 43.4. The van der Waals surface area contributed by atoms with Crippen LogP contribution in [0.2, 0.25) is 0 Å². The maximum Gasteiger partial charge on any atom is 0.331 e. The van der Waals surface area contributed by atoms with E-state index in [0.717, 1.165) is 30.4 Å². The van der Waals surface area contributed by atoms with E-state index in [1.807, 2.05) is 40.4 Å². The smallest absolute Gasteiger partial charge is 0.331 e. The van der Waals surface area contributed by atoms with Crippen LogP contribution in [-0.4, -0.2) is 82.6 Å². The van der Waals surface area contributed by atoms with Crippen LogP contribution in [0.15, 0.2) is 23.3 Å². The predicted octanol–water partition coefficient (Wildman–Crippen LogP) is 4.60. The van der Waals surface area contributed by atoms with E-state index in [1.54, 1.807) is 0 Å². The summed E-state index contributed by atoms with van der Waals surface area (Å²) >= 11 is 0. The minimum Gasteiger partial charge on any atom is -0.462 e. The SMILES string of the molecule is C=O.C=O.CC(C)C1OC(=O)C=C2C1=CC(O)C1C(C)(C)CCC(O)C21C.CC(C)C1OC(=O)CC2C1CC(O)C1C(C)CCC(O)C21C. The number of aliphatic hydroxyl groups is 4. The van der Waals surface area contributed by atoms with Crippen molar-refractivity contribution in [1.82, 2.24) is 0 Å². The van der Waals surface area contributed by atoms with E-state index in [4.69, 9.17) is 19.1 Å². The third-order valence-corrected chi connectivity index (χ3v) is 13.2. The van der Waals surface area contributed by atoms with Gasteiger partial charge in [0.1, 0.15) is 25.8 Å². The van der Waals surface area contributed by atoms with E-state index in [0.29, 0.717) is 25.2 Å². The molecule has 0 aromatic rings. The molecule has 4 N–H and O–H groups in total. The molecule has 278 valence electrons. The van der Waals surface area contributed by atoms with E-state index >= 15 is 0 Å². The summed E-state index contributed by atoms with van der Waals surface area (Å²) in [5.41, 5.74) is 0.626. The molecule has 0 aromatic heterocycles. The van der Waals surface area contributed by atoms with Crippen LogP contribution in [0.3, 0.4) is 0 Å². The Balaban J connectivity index is 0.000000241. The van der Waals surface area contributed by atoms with E-state index in [-0.39, 0.29) is 70.5 Å². The van der Waals surface area contributed by atoms with Crippen molar-refractivity contribution in [2.75, 3.05) is 0 Å². The summed E-state index contributed by atoms with van der Waals surface area (Å²) in [6.45, 7) is 22.7. The number of esters is 2. The van der Waals surface area contributed by atoms with Crippen LogP contribution >= 0.6 is 0 Å². The molecule has 4 fully saturated rings. The van der Waals surface area contributed by atoms with Gasteiger partial charge in [0, 0.05) is 35.2 Å². The van der Waals surface area contributed by atoms with Gasteiger partial charge in [0.05, 0.1) is 24.4 Å². The first-order valence-electron chi connectivity index (χ1n) is 18.0. The molecule has 49 heavy (non-hydrogen) atoms. The Bertz CT molecular complexity index is 1250. The lowest BCUT2D eigenvalue weighted by molar-refractivity contribution is -0.227. The molecule has 0 amide bonds. The van der Waals surface area contributed by atoms with E-state index in [9.17, 15) is 30.0 Å². The summed E-state index contributed by atoms with van der Waals surface area (Å²) in [7, 11) is 0. The second-order valence-electron chi connectivity index (χ2n) is 17.0. The molecule has 0 bridgehead atoms. The van der Waals surface area contributed by atoms with Crippen LogP contribution in [0.1, 0.15) is 101 Å². The summed E-state index contributed by atoms with van der Waals surface area (Å²) < 4.78 is 11.1. The Morgan fingerprint density at radius 2 is 1.47 bits per heavy atom. The van der Waals surface area contributed by atoms with Crippen molar-refractivity contribution in [1.29, 1.82) is 0 Å². The Kier molecular flexibility index (Phi) is 12.9. The van der Waals surface area contributed by atoms with Crippen LogP contribution < -0.4 is 0 Å². The molecule has 2 heterocycles. The molecule has 0 aromatic carbocycles. The van der Waals surface area contributed by atoms with Crippen molar-refractivity contribution < 1.29 is 49.1 Å². The molecule has 4 aliphatic carbocycles. The second kappa shape index (κ2) is 15.5.